The van der Waals surface area contributed by atoms with Gasteiger partial charge in [-0.3, -0.25) is 4.90 Å². The van der Waals surface area contributed by atoms with Crippen LogP contribution in [0.4, 0.5) is 0 Å². The van der Waals surface area contributed by atoms with Crippen molar-refractivity contribution in [2.24, 2.45) is 0 Å². The summed E-state index contributed by atoms with van der Waals surface area (Å²) in [5.41, 5.74) is 1.51. The summed E-state index contributed by atoms with van der Waals surface area (Å²) in [7, 11) is -3.92. The Morgan fingerprint density at radius 3 is 2.21 bits per heavy atom. The first kappa shape index (κ1) is 13.4. The Bertz CT molecular complexity index is 309. The SMILES string of the molecule is CCC1=CC=C[NH+]1CC.CS(=O)(=O)[O-]. The fourth-order valence-corrected chi connectivity index (χ4v) is 1.18. The van der Waals surface area contributed by atoms with Gasteiger partial charge in [0.15, 0.2) is 0 Å². The van der Waals surface area contributed by atoms with E-state index in [1.165, 1.54) is 23.6 Å². The Morgan fingerprint density at radius 2 is 1.93 bits per heavy atom. The summed E-state index contributed by atoms with van der Waals surface area (Å²) in [6.07, 6.45) is 8.33. The van der Waals surface area contributed by atoms with Gasteiger partial charge in [0.1, 0.15) is 5.70 Å². The molecule has 0 aromatic carbocycles. The second-order valence-corrected chi connectivity index (χ2v) is 4.40. The molecule has 0 amide bonds. The van der Waals surface area contributed by atoms with Crippen LogP contribution in [0.3, 0.4) is 0 Å². The maximum absolute atomic E-state index is 9.08. The first-order valence-electron chi connectivity index (χ1n) is 4.52. The zero-order valence-electron chi connectivity index (χ0n) is 8.78. The van der Waals surface area contributed by atoms with Gasteiger partial charge in [-0.1, -0.05) is 6.92 Å². The highest BCUT2D eigenvalue weighted by Gasteiger charge is 2.10. The quantitative estimate of drug-likeness (QED) is 0.658. The van der Waals surface area contributed by atoms with E-state index >= 15 is 0 Å². The minimum Gasteiger partial charge on any atom is -0.748 e. The summed E-state index contributed by atoms with van der Waals surface area (Å²) in [5.74, 6) is 0. The molecule has 0 spiro atoms. The zero-order chi connectivity index (χ0) is 11.2. The van der Waals surface area contributed by atoms with E-state index in [1.54, 1.807) is 0 Å². The Kier molecular flexibility index (Phi) is 5.68. The lowest BCUT2D eigenvalue weighted by molar-refractivity contribution is -0.801. The molecule has 1 N–H and O–H groups in total. The fourth-order valence-electron chi connectivity index (χ4n) is 1.18. The summed E-state index contributed by atoms with van der Waals surface area (Å²) in [4.78, 5) is 1.51. The van der Waals surface area contributed by atoms with E-state index in [4.69, 9.17) is 13.0 Å². The average Bonchev–Trinajstić information content (AvgIpc) is 2.47. The van der Waals surface area contributed by atoms with Crippen LogP contribution in [0.15, 0.2) is 24.0 Å². The lowest BCUT2D eigenvalue weighted by atomic mass is 10.3. The molecule has 0 aliphatic carbocycles. The molecule has 0 fully saturated rings. The molecule has 1 atom stereocenters. The third-order valence-electron chi connectivity index (χ3n) is 1.77. The van der Waals surface area contributed by atoms with Crippen LogP contribution in [0.5, 0.6) is 0 Å². The van der Waals surface area contributed by atoms with E-state index in [0.29, 0.717) is 6.26 Å². The van der Waals surface area contributed by atoms with Crippen LogP contribution in [0.2, 0.25) is 0 Å². The summed E-state index contributed by atoms with van der Waals surface area (Å²) < 4.78 is 27.2. The molecule has 0 aromatic rings. The molecule has 5 heteroatoms. The van der Waals surface area contributed by atoms with Crippen molar-refractivity contribution in [1.29, 1.82) is 0 Å². The molecule has 82 valence electrons. The molecular formula is C9H17NO3S. The molecule has 0 radical (unpaired) electrons. The molecular weight excluding hydrogens is 202 g/mol. The molecule has 4 nitrogen and oxygen atoms in total. The zero-order valence-corrected chi connectivity index (χ0v) is 9.60. The molecule has 1 rings (SSSR count). The molecule has 0 saturated carbocycles. The van der Waals surface area contributed by atoms with Crippen molar-refractivity contribution in [3.8, 4) is 0 Å². The van der Waals surface area contributed by atoms with Gasteiger partial charge in [0, 0.05) is 18.8 Å². The summed E-state index contributed by atoms with van der Waals surface area (Å²) in [6.45, 7) is 5.58. The van der Waals surface area contributed by atoms with Crippen LogP contribution in [0.25, 0.3) is 0 Å². The van der Waals surface area contributed by atoms with Crippen molar-refractivity contribution >= 4 is 10.1 Å². The second kappa shape index (κ2) is 5.95. The third-order valence-corrected chi connectivity index (χ3v) is 1.77. The number of allylic oxidation sites excluding steroid dienone is 3. The van der Waals surface area contributed by atoms with E-state index in [0.717, 1.165) is 0 Å². The molecule has 0 saturated heterocycles. The van der Waals surface area contributed by atoms with Crippen molar-refractivity contribution < 1.29 is 17.9 Å². The van der Waals surface area contributed by atoms with Gasteiger partial charge in [0.05, 0.1) is 22.9 Å². The van der Waals surface area contributed by atoms with Crippen LogP contribution < -0.4 is 4.90 Å². The van der Waals surface area contributed by atoms with E-state index in [2.05, 4.69) is 32.2 Å². The molecule has 1 heterocycles. The Morgan fingerprint density at radius 1 is 1.43 bits per heavy atom. The Labute approximate surface area is 85.7 Å². The molecule has 14 heavy (non-hydrogen) atoms. The van der Waals surface area contributed by atoms with Crippen LogP contribution in [-0.4, -0.2) is 25.8 Å². The largest absolute Gasteiger partial charge is 0.748 e. The van der Waals surface area contributed by atoms with Gasteiger partial charge >= 0.3 is 0 Å². The highest BCUT2D eigenvalue weighted by Crippen LogP contribution is 1.95. The normalized spacial score (nSPS) is 20.0. The molecule has 1 aliphatic rings. The Hall–Kier alpha value is -0.650. The van der Waals surface area contributed by atoms with Gasteiger partial charge in [0.25, 0.3) is 0 Å². The molecule has 1 aliphatic heterocycles. The number of hydrogen-bond donors (Lipinski definition) is 1. The average molecular weight is 219 g/mol. The predicted octanol–water partition coefficient (Wildman–Crippen LogP) is -0.126. The van der Waals surface area contributed by atoms with Crippen LogP contribution >= 0.6 is 0 Å². The van der Waals surface area contributed by atoms with Crippen LogP contribution in [0, 0.1) is 0 Å². The van der Waals surface area contributed by atoms with Gasteiger partial charge in [-0.2, -0.15) is 0 Å². The first-order chi connectivity index (χ1) is 6.38. The van der Waals surface area contributed by atoms with E-state index in [-0.39, 0.29) is 0 Å². The summed E-state index contributed by atoms with van der Waals surface area (Å²) in [6, 6.07) is 0. The smallest absolute Gasteiger partial charge is 0.112 e. The standard InChI is InChI=1S/C8H13N.CH4O3S/c1-3-8-6-5-7-9(8)4-2;1-5(2,3)4/h5-7H,3-4H2,1-2H3;1H3,(H,2,3,4). The van der Waals surface area contributed by atoms with Crippen molar-refractivity contribution in [2.45, 2.75) is 20.3 Å². The highest BCUT2D eigenvalue weighted by atomic mass is 32.2. The van der Waals surface area contributed by atoms with E-state index in [1.807, 2.05) is 0 Å². The van der Waals surface area contributed by atoms with Gasteiger partial charge in [0.2, 0.25) is 0 Å². The van der Waals surface area contributed by atoms with Crippen LogP contribution in [0.1, 0.15) is 20.3 Å². The minimum absolute atomic E-state index is 0.604. The van der Waals surface area contributed by atoms with Gasteiger partial charge in [-0.15, -0.1) is 0 Å². The van der Waals surface area contributed by atoms with Gasteiger partial charge in [-0.05, 0) is 13.0 Å². The number of rotatable bonds is 2. The van der Waals surface area contributed by atoms with E-state index in [9.17, 15) is 0 Å². The first-order valence-corrected chi connectivity index (χ1v) is 6.34. The highest BCUT2D eigenvalue weighted by molar-refractivity contribution is 7.84. The van der Waals surface area contributed by atoms with Gasteiger partial charge in [-0.25, -0.2) is 8.42 Å². The third kappa shape index (κ3) is 6.82. The van der Waals surface area contributed by atoms with Gasteiger partial charge < -0.3 is 4.55 Å². The van der Waals surface area contributed by atoms with Crippen LogP contribution in [-0.2, 0) is 10.1 Å². The van der Waals surface area contributed by atoms with Crippen molar-refractivity contribution in [2.75, 3.05) is 12.8 Å². The summed E-state index contributed by atoms with van der Waals surface area (Å²) >= 11 is 0. The lowest BCUT2D eigenvalue weighted by Crippen LogP contribution is -3.04. The van der Waals surface area contributed by atoms with Crippen molar-refractivity contribution in [3.05, 3.63) is 24.0 Å². The molecule has 1 unspecified atom stereocenters. The monoisotopic (exact) mass is 219 g/mol. The molecule has 0 bridgehead atoms. The fraction of sp³-hybridized carbons (Fsp3) is 0.556. The molecule has 0 aromatic heterocycles. The Balaban J connectivity index is 0.000000292. The van der Waals surface area contributed by atoms with Crippen molar-refractivity contribution in [3.63, 3.8) is 0 Å². The summed E-state index contributed by atoms with van der Waals surface area (Å²) in [5, 5.41) is 0. The maximum atomic E-state index is 9.08. The van der Waals surface area contributed by atoms with E-state index < -0.39 is 10.1 Å². The second-order valence-electron chi connectivity index (χ2n) is 2.99. The minimum atomic E-state index is -3.92. The maximum Gasteiger partial charge on any atom is 0.112 e. The number of hydrogen-bond acceptors (Lipinski definition) is 3. The number of quaternary nitrogens is 1. The van der Waals surface area contributed by atoms with Crippen molar-refractivity contribution in [1.82, 2.24) is 0 Å². The lowest BCUT2D eigenvalue weighted by Gasteiger charge is -2.08. The predicted molar refractivity (Wildman–Crippen MR) is 54.6 cm³/mol. The number of nitrogens with one attached hydrogen (secondary N) is 1. The topological polar surface area (TPSA) is 61.6 Å².